The number of ether oxygens (including phenoxy) is 1. The molecule has 1 aromatic carbocycles. The molecule has 2 amide bonds. The van der Waals surface area contributed by atoms with Crippen LogP contribution in [0.25, 0.3) is 5.76 Å². The number of phenols is 1. The van der Waals surface area contributed by atoms with Crippen LogP contribution in [0.5, 0.6) is 5.75 Å². The summed E-state index contributed by atoms with van der Waals surface area (Å²) in [6, 6.07) is 1.72. The third-order valence-corrected chi connectivity index (χ3v) is 7.83. The van der Waals surface area contributed by atoms with Crippen molar-refractivity contribution in [3.8, 4) is 5.75 Å². The molecule has 210 valence electrons. The van der Waals surface area contributed by atoms with Gasteiger partial charge in [-0.25, -0.2) is 4.79 Å². The Balaban J connectivity index is 1.71. The van der Waals surface area contributed by atoms with E-state index >= 15 is 0 Å². The van der Waals surface area contributed by atoms with E-state index in [4.69, 9.17) is 10.5 Å². The van der Waals surface area contributed by atoms with Crippen molar-refractivity contribution < 1.29 is 39.2 Å². The lowest BCUT2D eigenvalue weighted by Gasteiger charge is -2.41. The molecular formula is C28H35N3O8. The first-order chi connectivity index (χ1) is 18.5. The van der Waals surface area contributed by atoms with E-state index in [1.807, 2.05) is 11.8 Å². The number of aromatic hydroxyl groups is 1. The average Bonchev–Trinajstić information content (AvgIpc) is 2.85. The standard InChI is InChI=1S/C28H35N3O8/c1-4-5-6-7-39-28(38)30-12-15-10-17(31(2)3)16-9-13-8-14-11-18(32)22(27(29)37)26(36)20(14)24(34)19(13)25(35)21(16)23(15)33/h10,13-14,20,33,35-36H,4-9,11-12H2,1-3H3,(H2,29,37)(H,30,38). The van der Waals surface area contributed by atoms with Gasteiger partial charge in [-0.05, 0) is 42.7 Å². The number of phenolic OH excluding ortho intramolecular Hbond substituents is 1. The van der Waals surface area contributed by atoms with Crippen LogP contribution in [0.2, 0.25) is 0 Å². The maximum atomic E-state index is 13.6. The van der Waals surface area contributed by atoms with Crippen molar-refractivity contribution in [3.63, 3.8) is 0 Å². The summed E-state index contributed by atoms with van der Waals surface area (Å²) in [6.07, 6.45) is 2.56. The number of carbonyl (C=O) groups excluding carboxylic acids is 4. The van der Waals surface area contributed by atoms with E-state index in [0.717, 1.165) is 19.3 Å². The minimum Gasteiger partial charge on any atom is -0.511 e. The van der Waals surface area contributed by atoms with Crippen molar-refractivity contribution in [2.45, 2.75) is 52.0 Å². The second kappa shape index (κ2) is 11.0. The van der Waals surface area contributed by atoms with E-state index in [-0.39, 0.29) is 36.5 Å². The summed E-state index contributed by atoms with van der Waals surface area (Å²) in [6.45, 7) is 2.24. The number of Topliss-reactive ketones (excluding diaryl/α,β-unsaturated/α-hetero) is 2. The lowest BCUT2D eigenvalue weighted by atomic mass is 9.61. The van der Waals surface area contributed by atoms with Gasteiger partial charge in [0.15, 0.2) is 11.6 Å². The number of ketones is 2. The fraction of sp³-hybridized carbons (Fsp3) is 0.500. The molecule has 0 aliphatic heterocycles. The average molecular weight is 542 g/mol. The zero-order chi connectivity index (χ0) is 28.6. The third kappa shape index (κ3) is 5.05. The van der Waals surface area contributed by atoms with Crippen molar-refractivity contribution in [2.24, 2.45) is 23.5 Å². The molecule has 1 saturated carbocycles. The highest BCUT2D eigenvalue weighted by molar-refractivity contribution is 6.21. The molecule has 0 aromatic heterocycles. The molecule has 11 nitrogen and oxygen atoms in total. The SMILES string of the molecule is CCCCCOC(=O)NCc1cc(N(C)C)c2c(c1O)C(O)=C1C(=O)C3C(O)=C(C(N)=O)C(=O)CC3CC1C2. The maximum absolute atomic E-state index is 13.6. The van der Waals surface area contributed by atoms with Gasteiger partial charge in [0.05, 0.1) is 18.1 Å². The minimum atomic E-state index is -1.18. The summed E-state index contributed by atoms with van der Waals surface area (Å²) in [5.74, 6) is -5.84. The molecule has 6 N–H and O–H groups in total. The fourth-order valence-corrected chi connectivity index (χ4v) is 6.01. The number of rotatable bonds is 8. The Kier molecular flexibility index (Phi) is 7.89. The number of benzene rings is 1. The first kappa shape index (κ1) is 28.0. The highest BCUT2D eigenvalue weighted by Gasteiger charge is 2.51. The number of carbonyl (C=O) groups is 4. The zero-order valence-electron chi connectivity index (χ0n) is 22.4. The van der Waals surface area contributed by atoms with E-state index in [1.165, 1.54) is 0 Å². The van der Waals surface area contributed by atoms with Crippen LogP contribution in [0.4, 0.5) is 10.5 Å². The summed E-state index contributed by atoms with van der Waals surface area (Å²) >= 11 is 0. The van der Waals surface area contributed by atoms with E-state index < -0.39 is 58.4 Å². The fourth-order valence-electron chi connectivity index (χ4n) is 6.01. The molecule has 3 aliphatic carbocycles. The Morgan fingerprint density at radius 3 is 2.51 bits per heavy atom. The Labute approximate surface area is 226 Å². The molecule has 11 heteroatoms. The number of fused-ring (bicyclic) bond motifs is 3. The topological polar surface area (TPSA) is 179 Å². The second-order valence-corrected chi connectivity index (χ2v) is 10.6. The van der Waals surface area contributed by atoms with Crippen LogP contribution in [0, 0.1) is 17.8 Å². The van der Waals surface area contributed by atoms with E-state index in [1.54, 1.807) is 20.2 Å². The summed E-state index contributed by atoms with van der Waals surface area (Å²) in [5, 5.41) is 35.9. The molecule has 39 heavy (non-hydrogen) atoms. The molecule has 1 fully saturated rings. The van der Waals surface area contributed by atoms with Crippen molar-refractivity contribution in [3.05, 3.63) is 39.7 Å². The highest BCUT2D eigenvalue weighted by atomic mass is 16.5. The van der Waals surface area contributed by atoms with Gasteiger partial charge in [-0.3, -0.25) is 14.4 Å². The van der Waals surface area contributed by atoms with Crippen molar-refractivity contribution in [2.75, 3.05) is 25.6 Å². The smallest absolute Gasteiger partial charge is 0.407 e. The van der Waals surface area contributed by atoms with Crippen LogP contribution < -0.4 is 16.0 Å². The first-order valence-electron chi connectivity index (χ1n) is 13.2. The van der Waals surface area contributed by atoms with Crippen molar-refractivity contribution in [1.82, 2.24) is 5.32 Å². The zero-order valence-corrected chi connectivity index (χ0v) is 22.4. The number of allylic oxidation sites excluding steroid dienone is 2. The van der Waals surface area contributed by atoms with Crippen LogP contribution in [-0.2, 0) is 32.1 Å². The lowest BCUT2D eigenvalue weighted by Crippen LogP contribution is -2.44. The number of alkyl carbamates (subject to hydrolysis) is 1. The Morgan fingerprint density at radius 1 is 1.15 bits per heavy atom. The first-order valence-corrected chi connectivity index (χ1v) is 13.2. The number of primary amides is 1. The van der Waals surface area contributed by atoms with E-state index in [2.05, 4.69) is 5.32 Å². The normalized spacial score (nSPS) is 22.2. The van der Waals surface area contributed by atoms with Crippen molar-refractivity contribution >= 4 is 35.0 Å². The molecule has 4 rings (SSSR count). The van der Waals surface area contributed by atoms with Gasteiger partial charge in [-0.2, -0.15) is 0 Å². The van der Waals surface area contributed by atoms with Gasteiger partial charge in [0.1, 0.15) is 22.8 Å². The molecule has 0 heterocycles. The number of nitrogens with one attached hydrogen (secondary N) is 1. The summed E-state index contributed by atoms with van der Waals surface area (Å²) in [5.41, 5.74) is 6.45. The van der Waals surface area contributed by atoms with Crippen LogP contribution in [0.1, 0.15) is 55.7 Å². The number of hydrogen-bond donors (Lipinski definition) is 5. The molecular weight excluding hydrogens is 506 g/mol. The molecule has 3 aliphatic rings. The van der Waals surface area contributed by atoms with Crippen LogP contribution in [-0.4, -0.2) is 59.6 Å². The molecule has 3 atom stereocenters. The maximum Gasteiger partial charge on any atom is 0.407 e. The third-order valence-electron chi connectivity index (χ3n) is 7.83. The van der Waals surface area contributed by atoms with Gasteiger partial charge in [0.2, 0.25) is 0 Å². The number of aliphatic hydroxyl groups excluding tert-OH is 2. The Hall–Kier alpha value is -4.02. The number of aliphatic hydroxyl groups is 2. The molecule has 3 unspecified atom stereocenters. The van der Waals surface area contributed by atoms with Gasteiger partial charge in [-0.1, -0.05) is 19.8 Å². The van der Waals surface area contributed by atoms with Crippen LogP contribution in [0.3, 0.4) is 0 Å². The van der Waals surface area contributed by atoms with Gasteiger partial charge < -0.3 is 36.0 Å². The molecule has 0 saturated heterocycles. The van der Waals surface area contributed by atoms with Gasteiger partial charge in [-0.15, -0.1) is 0 Å². The second-order valence-electron chi connectivity index (χ2n) is 10.6. The molecule has 0 bridgehead atoms. The van der Waals surface area contributed by atoms with Crippen LogP contribution >= 0.6 is 0 Å². The van der Waals surface area contributed by atoms with Gasteiger partial charge in [0.25, 0.3) is 5.91 Å². The quantitative estimate of drug-likeness (QED) is 0.244. The predicted molar refractivity (Wildman–Crippen MR) is 142 cm³/mol. The number of nitrogens with two attached hydrogens (primary N) is 1. The number of nitrogens with zero attached hydrogens (tertiary/aromatic N) is 1. The summed E-state index contributed by atoms with van der Waals surface area (Å²) < 4.78 is 5.16. The molecule has 0 spiro atoms. The molecule has 0 radical (unpaired) electrons. The minimum absolute atomic E-state index is 0.0360. The summed E-state index contributed by atoms with van der Waals surface area (Å²) in [4.78, 5) is 51.9. The number of amides is 2. The highest BCUT2D eigenvalue weighted by Crippen LogP contribution is 2.52. The van der Waals surface area contributed by atoms with E-state index in [0.29, 0.717) is 29.7 Å². The van der Waals surface area contributed by atoms with Crippen molar-refractivity contribution in [1.29, 1.82) is 0 Å². The summed E-state index contributed by atoms with van der Waals surface area (Å²) in [7, 11) is 3.61. The molecule has 1 aromatic rings. The largest absolute Gasteiger partial charge is 0.511 e. The van der Waals surface area contributed by atoms with Crippen LogP contribution in [0.15, 0.2) is 23.0 Å². The lowest BCUT2D eigenvalue weighted by molar-refractivity contribution is -0.127. The number of hydrogen-bond acceptors (Lipinski definition) is 9. The number of anilines is 1. The Bertz CT molecular complexity index is 1300. The van der Waals surface area contributed by atoms with E-state index in [9.17, 15) is 34.5 Å². The number of unbranched alkanes of at least 4 members (excludes halogenated alkanes) is 2. The Morgan fingerprint density at radius 2 is 1.87 bits per heavy atom. The van der Waals surface area contributed by atoms with Gasteiger partial charge in [0, 0.05) is 43.9 Å². The van der Waals surface area contributed by atoms with Gasteiger partial charge >= 0.3 is 6.09 Å². The monoisotopic (exact) mass is 541 g/mol. The predicted octanol–water partition coefficient (Wildman–Crippen LogP) is 2.79.